The van der Waals surface area contributed by atoms with Gasteiger partial charge in [0, 0.05) is 30.9 Å². The van der Waals surface area contributed by atoms with Gasteiger partial charge >= 0.3 is 0 Å². The molecule has 0 aromatic heterocycles. The minimum Gasteiger partial charge on any atom is -0.399 e. The van der Waals surface area contributed by atoms with Crippen LogP contribution in [0.2, 0.25) is 0 Å². The number of rotatable bonds is 7. The summed E-state index contributed by atoms with van der Waals surface area (Å²) in [5.74, 6) is -1.02. The van der Waals surface area contributed by atoms with E-state index in [2.05, 4.69) is 5.32 Å². The third-order valence-electron chi connectivity index (χ3n) is 2.87. The van der Waals surface area contributed by atoms with E-state index in [1.54, 1.807) is 6.92 Å². The molecule has 1 rings (SSSR count). The standard InChI is InChI=1S/C13H20FN3O3S/c1-3-17(21(2,19)20)6-4-5-16-13(18)10-7-11(14)9-12(15)8-10/h7-9H,3-6,15H2,1-2H3,(H,16,18). The second-order valence-electron chi connectivity index (χ2n) is 4.64. The van der Waals surface area contributed by atoms with Crippen LogP contribution in [0.4, 0.5) is 10.1 Å². The molecule has 8 heteroatoms. The maximum Gasteiger partial charge on any atom is 0.251 e. The van der Waals surface area contributed by atoms with Gasteiger partial charge in [0.1, 0.15) is 5.82 Å². The van der Waals surface area contributed by atoms with Crippen molar-refractivity contribution in [2.75, 3.05) is 31.6 Å². The van der Waals surface area contributed by atoms with Gasteiger partial charge in [0.25, 0.3) is 5.91 Å². The van der Waals surface area contributed by atoms with Gasteiger partial charge in [-0.2, -0.15) is 0 Å². The predicted octanol–water partition coefficient (Wildman–Crippen LogP) is 0.809. The molecule has 21 heavy (non-hydrogen) atoms. The maximum atomic E-state index is 13.1. The lowest BCUT2D eigenvalue weighted by molar-refractivity contribution is 0.0952. The van der Waals surface area contributed by atoms with Gasteiger partial charge in [-0.3, -0.25) is 4.79 Å². The second kappa shape index (κ2) is 7.37. The molecule has 0 atom stereocenters. The second-order valence-corrected chi connectivity index (χ2v) is 6.62. The van der Waals surface area contributed by atoms with Gasteiger partial charge < -0.3 is 11.1 Å². The van der Waals surface area contributed by atoms with Crippen molar-refractivity contribution in [1.82, 2.24) is 9.62 Å². The molecule has 118 valence electrons. The summed E-state index contributed by atoms with van der Waals surface area (Å²) >= 11 is 0. The van der Waals surface area contributed by atoms with E-state index < -0.39 is 21.7 Å². The number of nitrogens with two attached hydrogens (primary N) is 1. The van der Waals surface area contributed by atoms with Crippen molar-refractivity contribution in [3.8, 4) is 0 Å². The van der Waals surface area contributed by atoms with Crippen molar-refractivity contribution in [2.45, 2.75) is 13.3 Å². The third-order valence-corrected chi connectivity index (χ3v) is 4.25. The fourth-order valence-corrected chi connectivity index (χ4v) is 2.79. The summed E-state index contributed by atoms with van der Waals surface area (Å²) in [5.41, 5.74) is 5.78. The van der Waals surface area contributed by atoms with Gasteiger partial charge in [-0.15, -0.1) is 0 Å². The van der Waals surface area contributed by atoms with E-state index in [4.69, 9.17) is 5.73 Å². The van der Waals surface area contributed by atoms with Crippen molar-refractivity contribution < 1.29 is 17.6 Å². The average molecular weight is 317 g/mol. The Hall–Kier alpha value is -1.67. The van der Waals surface area contributed by atoms with Crippen LogP contribution in [0.5, 0.6) is 0 Å². The van der Waals surface area contributed by atoms with Crippen LogP contribution in [0.1, 0.15) is 23.7 Å². The summed E-state index contributed by atoms with van der Waals surface area (Å²) in [5, 5.41) is 2.60. The lowest BCUT2D eigenvalue weighted by atomic mass is 10.2. The van der Waals surface area contributed by atoms with E-state index in [-0.39, 0.29) is 11.3 Å². The summed E-state index contributed by atoms with van der Waals surface area (Å²) in [7, 11) is -3.22. The van der Waals surface area contributed by atoms with E-state index >= 15 is 0 Å². The van der Waals surface area contributed by atoms with E-state index in [1.165, 1.54) is 10.4 Å². The third kappa shape index (κ3) is 5.68. The van der Waals surface area contributed by atoms with Crippen LogP contribution < -0.4 is 11.1 Å². The molecule has 0 saturated heterocycles. The number of amides is 1. The first kappa shape index (κ1) is 17.4. The highest BCUT2D eigenvalue weighted by atomic mass is 32.2. The zero-order valence-electron chi connectivity index (χ0n) is 12.1. The number of anilines is 1. The molecule has 6 nitrogen and oxygen atoms in total. The van der Waals surface area contributed by atoms with Gasteiger partial charge in [-0.25, -0.2) is 17.1 Å². The van der Waals surface area contributed by atoms with Crippen LogP contribution in [-0.2, 0) is 10.0 Å². The first-order chi connectivity index (χ1) is 9.74. The summed E-state index contributed by atoms with van der Waals surface area (Å²) in [6, 6.07) is 3.61. The highest BCUT2D eigenvalue weighted by Gasteiger charge is 2.13. The Morgan fingerprint density at radius 2 is 2.05 bits per heavy atom. The van der Waals surface area contributed by atoms with Gasteiger partial charge in [0.05, 0.1) is 6.26 Å². The normalized spacial score (nSPS) is 11.6. The minimum absolute atomic E-state index is 0.142. The Bertz CT molecular complexity index is 584. The van der Waals surface area contributed by atoms with Crippen molar-refractivity contribution in [3.05, 3.63) is 29.6 Å². The molecule has 0 heterocycles. The highest BCUT2D eigenvalue weighted by Crippen LogP contribution is 2.10. The topological polar surface area (TPSA) is 92.5 Å². The van der Waals surface area contributed by atoms with Gasteiger partial charge in [0.15, 0.2) is 0 Å². The number of halogens is 1. The van der Waals surface area contributed by atoms with Crippen LogP contribution in [0.3, 0.4) is 0 Å². The largest absolute Gasteiger partial charge is 0.399 e. The fourth-order valence-electron chi connectivity index (χ4n) is 1.86. The number of nitrogens with one attached hydrogen (secondary N) is 1. The van der Waals surface area contributed by atoms with Crippen molar-refractivity contribution >= 4 is 21.6 Å². The smallest absolute Gasteiger partial charge is 0.251 e. The van der Waals surface area contributed by atoms with Crippen molar-refractivity contribution in [3.63, 3.8) is 0 Å². The predicted molar refractivity (Wildman–Crippen MR) is 79.9 cm³/mol. The number of carbonyl (C=O) groups excluding carboxylic acids is 1. The Kier molecular flexibility index (Phi) is 6.10. The molecule has 0 aliphatic rings. The fraction of sp³-hybridized carbons (Fsp3) is 0.462. The van der Waals surface area contributed by atoms with Crippen molar-refractivity contribution in [1.29, 1.82) is 0 Å². The Morgan fingerprint density at radius 3 is 2.57 bits per heavy atom. The van der Waals surface area contributed by atoms with Crippen LogP contribution in [0.25, 0.3) is 0 Å². The van der Waals surface area contributed by atoms with E-state index in [1.807, 2.05) is 0 Å². The molecule has 1 aromatic carbocycles. The first-order valence-electron chi connectivity index (χ1n) is 6.53. The van der Waals surface area contributed by atoms with Crippen LogP contribution in [0.15, 0.2) is 18.2 Å². The molecule has 0 aliphatic carbocycles. The van der Waals surface area contributed by atoms with Crippen molar-refractivity contribution in [2.24, 2.45) is 0 Å². The summed E-state index contributed by atoms with van der Waals surface area (Å²) in [4.78, 5) is 11.8. The number of benzene rings is 1. The average Bonchev–Trinajstić information content (AvgIpc) is 2.35. The van der Waals surface area contributed by atoms with E-state index in [0.29, 0.717) is 26.1 Å². The zero-order valence-corrected chi connectivity index (χ0v) is 12.9. The van der Waals surface area contributed by atoms with Crippen LogP contribution in [0, 0.1) is 5.82 Å². The summed E-state index contributed by atoms with van der Waals surface area (Å²) < 4.78 is 37.2. The molecule has 0 bridgehead atoms. The van der Waals surface area contributed by atoms with Crippen LogP contribution in [-0.4, -0.2) is 44.5 Å². The first-order valence-corrected chi connectivity index (χ1v) is 8.38. The number of nitrogens with zero attached hydrogens (tertiary/aromatic N) is 1. The SMILES string of the molecule is CCN(CCCNC(=O)c1cc(N)cc(F)c1)S(C)(=O)=O. The molecule has 0 fully saturated rings. The Morgan fingerprint density at radius 1 is 1.38 bits per heavy atom. The molecule has 0 spiro atoms. The molecular weight excluding hydrogens is 297 g/mol. The van der Waals surface area contributed by atoms with Gasteiger partial charge in [-0.05, 0) is 24.6 Å². The van der Waals surface area contributed by atoms with Crippen LogP contribution >= 0.6 is 0 Å². The number of sulfonamides is 1. The molecule has 3 N–H and O–H groups in total. The molecule has 0 saturated carbocycles. The number of carbonyl (C=O) groups is 1. The van der Waals surface area contributed by atoms with Gasteiger partial charge in [0.2, 0.25) is 10.0 Å². The molecular formula is C13H20FN3O3S. The molecule has 0 radical (unpaired) electrons. The van der Waals surface area contributed by atoms with E-state index in [9.17, 15) is 17.6 Å². The molecule has 0 unspecified atom stereocenters. The van der Waals surface area contributed by atoms with Gasteiger partial charge in [-0.1, -0.05) is 6.92 Å². The number of hydrogen-bond acceptors (Lipinski definition) is 4. The number of hydrogen-bond donors (Lipinski definition) is 2. The molecule has 1 amide bonds. The zero-order chi connectivity index (χ0) is 16.0. The lowest BCUT2D eigenvalue weighted by Gasteiger charge is -2.17. The Balaban J connectivity index is 2.47. The maximum absolute atomic E-state index is 13.1. The molecule has 0 aliphatic heterocycles. The van der Waals surface area contributed by atoms with E-state index in [0.717, 1.165) is 18.4 Å². The Labute approximate surface area is 124 Å². The monoisotopic (exact) mass is 317 g/mol. The minimum atomic E-state index is -3.22. The molecule has 1 aromatic rings. The quantitative estimate of drug-likeness (QED) is 0.575. The lowest BCUT2D eigenvalue weighted by Crippen LogP contribution is -2.33. The summed E-state index contributed by atoms with van der Waals surface area (Å²) in [6.45, 7) is 2.74. The summed E-state index contributed by atoms with van der Waals surface area (Å²) in [6.07, 6.45) is 1.61. The highest BCUT2D eigenvalue weighted by molar-refractivity contribution is 7.88. The number of nitrogen functional groups attached to an aromatic ring is 1.